The zero-order valence-corrected chi connectivity index (χ0v) is 49.9. The Morgan fingerprint density at radius 2 is 0.810 bits per heavy atom. The fourth-order valence-electron chi connectivity index (χ4n) is 17.4. The first-order chi connectivity index (χ1) is 38.0. The largest absolute Gasteiger partial charge is 0.309 e. The second kappa shape index (κ2) is 19.5. The van der Waals surface area contributed by atoms with E-state index >= 15 is 0 Å². The van der Waals surface area contributed by atoms with E-state index in [0.717, 1.165) is 11.8 Å². The van der Waals surface area contributed by atoms with Crippen molar-refractivity contribution in [3.05, 3.63) is 242 Å². The maximum absolute atomic E-state index is 2.59. The monoisotopic (exact) mass is 1050 g/mol. The molecule has 0 spiro atoms. The fraction of sp³-hybridized carbons (Fsp3) is 0.289. The van der Waals surface area contributed by atoms with Crippen LogP contribution in [0.25, 0.3) is 38.6 Å². The molecule has 0 N–H and O–H groups in total. The average molecular weight is 1050 g/mol. The molecule has 4 fully saturated rings. The van der Waals surface area contributed by atoms with E-state index < -0.39 is 7.92 Å². The second-order valence-electron chi connectivity index (χ2n) is 25.7. The van der Waals surface area contributed by atoms with Crippen LogP contribution in [0.2, 0.25) is 0 Å². The molecule has 4 aliphatic carbocycles. The summed E-state index contributed by atoms with van der Waals surface area (Å²) >= 11 is 0. The lowest BCUT2D eigenvalue weighted by Crippen LogP contribution is -2.55. The number of fused-ring (bicyclic) bond motifs is 3. The lowest BCUT2D eigenvalue weighted by atomic mass is 9.34. The van der Waals surface area contributed by atoms with Crippen LogP contribution in [0.15, 0.2) is 164 Å². The van der Waals surface area contributed by atoms with Gasteiger partial charge in [-0.3, -0.25) is 0 Å². The van der Waals surface area contributed by atoms with Gasteiger partial charge in [0, 0.05) is 16.5 Å². The maximum atomic E-state index is 2.59. The van der Waals surface area contributed by atoms with Gasteiger partial charge in [-0.2, -0.15) is 0 Å². The molecule has 1 heterocycles. The van der Waals surface area contributed by atoms with Crippen LogP contribution in [0.3, 0.4) is 0 Å². The summed E-state index contributed by atoms with van der Waals surface area (Å²) in [5.41, 5.74) is 30.4. The minimum Gasteiger partial charge on any atom is -0.309 e. The topological polar surface area (TPSA) is 4.93 Å². The predicted octanol–water partition coefficient (Wildman–Crippen LogP) is 16.2. The molecule has 1 aromatic heterocycles. The second-order valence-corrected chi connectivity index (χ2v) is 27.8. The molecule has 79 heavy (non-hydrogen) atoms. The van der Waals surface area contributed by atoms with E-state index in [-0.39, 0.29) is 17.5 Å². The number of aromatic nitrogens is 1. The zero-order valence-electron chi connectivity index (χ0n) is 49.0. The molecule has 10 aromatic rings. The Morgan fingerprint density at radius 1 is 0.405 bits per heavy atom. The van der Waals surface area contributed by atoms with E-state index in [4.69, 9.17) is 0 Å². The first-order valence-electron chi connectivity index (χ1n) is 29.4. The Hall–Kier alpha value is -6.73. The summed E-state index contributed by atoms with van der Waals surface area (Å²) in [6, 6.07) is 65.0. The van der Waals surface area contributed by atoms with Gasteiger partial charge in [-0.25, -0.2) is 0 Å². The van der Waals surface area contributed by atoms with Crippen LogP contribution in [0.5, 0.6) is 0 Å². The summed E-state index contributed by atoms with van der Waals surface area (Å²) in [7, 11) is -0.727. The highest BCUT2D eigenvalue weighted by atomic mass is 31.1. The average Bonchev–Trinajstić information content (AvgIpc) is 3.91. The predicted molar refractivity (Wildman–Crippen MR) is 344 cm³/mol. The minimum atomic E-state index is -0.727. The maximum Gasteiger partial charge on any atom is 0.242 e. The summed E-state index contributed by atoms with van der Waals surface area (Å²) in [5.74, 6) is 1.56. The fourth-order valence-corrected chi connectivity index (χ4v) is 20.2. The Balaban J connectivity index is 0.869. The molecular weight excluding hydrogens is 969 g/mol. The van der Waals surface area contributed by atoms with Gasteiger partial charge in [0.1, 0.15) is 0 Å². The van der Waals surface area contributed by atoms with Crippen molar-refractivity contribution in [1.82, 2.24) is 4.57 Å². The normalized spacial score (nSPS) is 19.6. The molecule has 4 bridgehead atoms. The highest BCUT2D eigenvalue weighted by molar-refractivity contribution is 7.80. The van der Waals surface area contributed by atoms with Crippen molar-refractivity contribution in [3.63, 3.8) is 0 Å². The third-order valence-electron chi connectivity index (χ3n) is 19.5. The molecule has 4 saturated carbocycles. The first kappa shape index (κ1) is 51.7. The van der Waals surface area contributed by atoms with Crippen molar-refractivity contribution in [2.75, 3.05) is 0 Å². The summed E-state index contributed by atoms with van der Waals surface area (Å²) in [6.07, 6.45) is 7.96. The number of benzene rings is 9. The SMILES string of the molecule is Cc1cc(C)c(B(c2ccc3c(c2)c2cc(-c4ccc(C56CC7CC(C5)CC(c5ccc(P(c8c(C)cc(C)cc8C)c8c(C)cc(C)cc8C)cc5)(C7)C6)cc4)ccc2n3-c2ccccc2)c2c(C)cc(C)cc2C)c(C)c1. The van der Waals surface area contributed by atoms with E-state index in [9.17, 15) is 0 Å². The highest BCUT2D eigenvalue weighted by Gasteiger charge is 2.58. The zero-order chi connectivity index (χ0) is 54.8. The molecule has 0 saturated heterocycles. The molecule has 1 nitrogen and oxygen atoms in total. The Morgan fingerprint density at radius 3 is 1.28 bits per heavy atom. The van der Waals surface area contributed by atoms with Crippen LogP contribution in [-0.4, -0.2) is 11.3 Å². The quantitative estimate of drug-likeness (QED) is 0.0950. The molecule has 394 valence electrons. The number of nitrogens with zero attached hydrogens (tertiary/aromatic N) is 1. The van der Waals surface area contributed by atoms with Crippen molar-refractivity contribution in [2.45, 2.75) is 132 Å². The van der Waals surface area contributed by atoms with E-state index in [1.165, 1.54) is 176 Å². The van der Waals surface area contributed by atoms with Crippen molar-refractivity contribution < 1.29 is 0 Å². The van der Waals surface area contributed by atoms with Gasteiger partial charge in [0.2, 0.25) is 6.71 Å². The van der Waals surface area contributed by atoms with Crippen LogP contribution < -0.4 is 32.3 Å². The third-order valence-corrected chi connectivity index (χ3v) is 22.7. The van der Waals surface area contributed by atoms with E-state index in [1.807, 2.05) is 0 Å². The minimum absolute atomic E-state index is 0.100. The van der Waals surface area contributed by atoms with Gasteiger partial charge in [-0.15, -0.1) is 0 Å². The van der Waals surface area contributed by atoms with Gasteiger partial charge in [-0.05, 0) is 243 Å². The van der Waals surface area contributed by atoms with Crippen molar-refractivity contribution in [2.24, 2.45) is 11.8 Å². The van der Waals surface area contributed by atoms with Crippen LogP contribution in [0, 0.1) is 94.9 Å². The Bertz CT molecular complexity index is 3840. The Kier molecular flexibility index (Phi) is 12.8. The molecule has 0 aliphatic heterocycles. The van der Waals surface area contributed by atoms with Crippen LogP contribution in [0.4, 0.5) is 0 Å². The van der Waals surface area contributed by atoms with Gasteiger partial charge >= 0.3 is 0 Å². The van der Waals surface area contributed by atoms with Crippen LogP contribution in [-0.2, 0) is 10.8 Å². The molecule has 9 aromatic carbocycles. The molecule has 0 radical (unpaired) electrons. The highest BCUT2D eigenvalue weighted by Crippen LogP contribution is 2.66. The third kappa shape index (κ3) is 8.79. The van der Waals surface area contributed by atoms with Crippen LogP contribution in [0.1, 0.15) is 116 Å². The molecule has 14 rings (SSSR count). The molecular formula is C76H77BNP. The molecule has 4 aliphatic rings. The van der Waals surface area contributed by atoms with E-state index in [0.29, 0.717) is 0 Å². The molecule has 3 heteroatoms. The molecule has 2 atom stereocenters. The summed E-state index contributed by atoms with van der Waals surface area (Å²) in [5, 5.41) is 7.14. The van der Waals surface area contributed by atoms with Crippen molar-refractivity contribution >= 4 is 68.7 Å². The van der Waals surface area contributed by atoms with Gasteiger partial charge in [0.15, 0.2) is 0 Å². The summed E-state index contributed by atoms with van der Waals surface area (Å²) in [4.78, 5) is 0. The van der Waals surface area contributed by atoms with Gasteiger partial charge in [-0.1, -0.05) is 194 Å². The molecule has 0 amide bonds. The number of para-hydroxylation sites is 1. The van der Waals surface area contributed by atoms with E-state index in [1.54, 1.807) is 11.1 Å². The first-order valence-corrected chi connectivity index (χ1v) is 30.8. The summed E-state index contributed by atoms with van der Waals surface area (Å²) in [6.45, 7) is 27.7. The lowest BCUT2D eigenvalue weighted by molar-refractivity contribution is -0.0281. The van der Waals surface area contributed by atoms with E-state index in [2.05, 4.69) is 251 Å². The molecule has 2 unspecified atom stereocenters. The standard InChI is InChI=1S/C76H77BNP/c1-46-30-50(5)71(51(6)31-46)77(72-52(7)32-47(2)33-53(72)8)64-25-29-70-68(40-64)67-39-61(20-28-69(67)78(70)65-16-14-13-15-17-65)60-18-21-62(22-19-60)75-41-58-38-59(42-75)44-76(43-58,45-75)63-23-26-66(27-24-63)79(73-54(9)34-48(3)35-55(73)10)74-56(11)36-49(4)37-57(74)12/h13-37,39-40,58-59H,38,41-45H2,1-12H3. The van der Waals surface area contributed by atoms with Gasteiger partial charge < -0.3 is 4.57 Å². The number of hydrogen-bond acceptors (Lipinski definition) is 0. The summed E-state index contributed by atoms with van der Waals surface area (Å²) < 4.78 is 2.48. The number of hydrogen-bond donors (Lipinski definition) is 0. The number of rotatable bonds is 10. The Labute approximate surface area is 473 Å². The lowest BCUT2D eigenvalue weighted by Gasteiger charge is -2.63. The number of aryl methyl sites for hydroxylation is 12. The van der Waals surface area contributed by atoms with Gasteiger partial charge in [0.05, 0.1) is 11.0 Å². The van der Waals surface area contributed by atoms with Crippen molar-refractivity contribution in [1.29, 1.82) is 0 Å². The van der Waals surface area contributed by atoms with Crippen molar-refractivity contribution in [3.8, 4) is 16.8 Å². The van der Waals surface area contributed by atoms with Gasteiger partial charge in [0.25, 0.3) is 0 Å². The smallest absolute Gasteiger partial charge is 0.242 e. The van der Waals surface area contributed by atoms with Crippen LogP contribution >= 0.6 is 7.92 Å².